The maximum atomic E-state index is 11.8. The average molecular weight is 365 g/mol. The van der Waals surface area contributed by atoms with Crippen molar-refractivity contribution in [3.63, 3.8) is 0 Å². The molecule has 0 spiro atoms. The number of carboxylic acids is 1. The molecular weight excluding hydrogens is 342 g/mol. The van der Waals surface area contributed by atoms with Crippen molar-refractivity contribution in [1.82, 2.24) is 0 Å². The normalized spacial score (nSPS) is 22.6. The van der Waals surface area contributed by atoms with Crippen LogP contribution in [0.2, 0.25) is 0 Å². The molecule has 5 nitrogen and oxygen atoms in total. The molecule has 140 valence electrons. The van der Waals surface area contributed by atoms with Crippen LogP contribution >= 0.6 is 0 Å². The predicted molar refractivity (Wildman–Crippen MR) is 104 cm³/mol. The Morgan fingerprint density at radius 1 is 1.19 bits per heavy atom. The highest BCUT2D eigenvalue weighted by Gasteiger charge is 2.41. The van der Waals surface area contributed by atoms with Crippen molar-refractivity contribution in [1.29, 1.82) is 0 Å². The van der Waals surface area contributed by atoms with Gasteiger partial charge in [0.25, 0.3) is 0 Å². The van der Waals surface area contributed by atoms with Gasteiger partial charge in [0.05, 0.1) is 25.8 Å². The van der Waals surface area contributed by atoms with E-state index >= 15 is 0 Å². The summed E-state index contributed by atoms with van der Waals surface area (Å²) in [6.45, 7) is 2.01. The Bertz CT molecular complexity index is 934. The van der Waals surface area contributed by atoms with E-state index in [1.807, 2.05) is 25.1 Å². The highest BCUT2D eigenvalue weighted by Crippen LogP contribution is 2.53. The number of benzene rings is 2. The summed E-state index contributed by atoms with van der Waals surface area (Å²) in [5, 5.41) is 13.3. The van der Waals surface area contributed by atoms with Crippen LogP contribution in [-0.4, -0.2) is 25.3 Å². The van der Waals surface area contributed by atoms with Crippen LogP contribution in [0.25, 0.3) is 0 Å². The number of hydrogen-bond donors (Lipinski definition) is 2. The molecule has 0 radical (unpaired) electrons. The Morgan fingerprint density at radius 2 is 2.00 bits per heavy atom. The second-order valence-electron chi connectivity index (χ2n) is 7.08. The van der Waals surface area contributed by atoms with Crippen molar-refractivity contribution in [2.75, 3.05) is 19.5 Å². The number of carbonyl (C=O) groups is 1. The van der Waals surface area contributed by atoms with Gasteiger partial charge in [0, 0.05) is 17.2 Å². The number of aryl methyl sites for hydroxylation is 1. The van der Waals surface area contributed by atoms with E-state index < -0.39 is 5.97 Å². The van der Waals surface area contributed by atoms with E-state index in [9.17, 15) is 9.90 Å². The van der Waals surface area contributed by atoms with Gasteiger partial charge in [0.2, 0.25) is 0 Å². The van der Waals surface area contributed by atoms with Gasteiger partial charge in [-0.2, -0.15) is 0 Å². The molecule has 1 heterocycles. The van der Waals surface area contributed by atoms with E-state index in [-0.39, 0.29) is 17.9 Å². The molecule has 1 aliphatic carbocycles. The molecule has 4 rings (SSSR count). The maximum absolute atomic E-state index is 11.8. The number of allylic oxidation sites excluding steroid dienone is 2. The minimum atomic E-state index is -0.885. The topological polar surface area (TPSA) is 67.8 Å². The van der Waals surface area contributed by atoms with Crippen molar-refractivity contribution >= 4 is 11.7 Å². The molecule has 2 aliphatic rings. The first-order valence-corrected chi connectivity index (χ1v) is 9.07. The molecule has 2 N–H and O–H groups in total. The Morgan fingerprint density at radius 3 is 2.70 bits per heavy atom. The standard InChI is InChI=1S/C22H23NO4/c1-12-10-11-15(22(24)25)18-13-6-4-7-14(13)20(23-19(12)18)16-8-5-9-17(26-2)21(16)27-3/h4-6,8-11,13-14,20,23H,7H2,1-3H3,(H,24,25)/t13-,14-,20+/m0/s1. The quantitative estimate of drug-likeness (QED) is 0.779. The van der Waals surface area contributed by atoms with Crippen molar-refractivity contribution in [2.45, 2.75) is 25.3 Å². The Kier molecular flexibility index (Phi) is 4.30. The van der Waals surface area contributed by atoms with Gasteiger partial charge in [-0.1, -0.05) is 30.4 Å². The summed E-state index contributed by atoms with van der Waals surface area (Å²) in [6, 6.07) is 9.49. The number of ether oxygens (including phenoxy) is 2. The second kappa shape index (κ2) is 6.65. The molecule has 0 amide bonds. The lowest BCUT2D eigenvalue weighted by Gasteiger charge is -2.39. The Hall–Kier alpha value is -2.95. The van der Waals surface area contributed by atoms with Crippen LogP contribution in [-0.2, 0) is 0 Å². The number of aromatic carboxylic acids is 1. The zero-order valence-corrected chi connectivity index (χ0v) is 15.7. The van der Waals surface area contributed by atoms with E-state index in [0.717, 1.165) is 34.5 Å². The molecule has 0 fully saturated rings. The van der Waals surface area contributed by atoms with Gasteiger partial charge in [-0.15, -0.1) is 0 Å². The maximum Gasteiger partial charge on any atom is 0.336 e. The zero-order chi connectivity index (χ0) is 19.1. The van der Waals surface area contributed by atoms with Gasteiger partial charge in [-0.3, -0.25) is 0 Å². The number of carboxylic acid groups (broad SMARTS) is 1. The minimum Gasteiger partial charge on any atom is -0.493 e. The third-order valence-corrected chi connectivity index (χ3v) is 5.73. The summed E-state index contributed by atoms with van der Waals surface area (Å²) in [7, 11) is 3.28. The molecule has 1 aliphatic heterocycles. The summed E-state index contributed by atoms with van der Waals surface area (Å²) >= 11 is 0. The molecule has 0 unspecified atom stereocenters. The molecule has 2 aromatic carbocycles. The highest BCUT2D eigenvalue weighted by atomic mass is 16.5. The first kappa shape index (κ1) is 17.5. The average Bonchev–Trinajstić information content (AvgIpc) is 3.16. The van der Waals surface area contributed by atoms with Gasteiger partial charge in [-0.05, 0) is 42.5 Å². The van der Waals surface area contributed by atoms with Crippen LogP contribution in [0.4, 0.5) is 5.69 Å². The fraction of sp³-hybridized carbons (Fsp3) is 0.318. The fourth-order valence-corrected chi connectivity index (χ4v) is 4.51. The molecule has 0 bridgehead atoms. The summed E-state index contributed by atoms with van der Waals surface area (Å²) < 4.78 is 11.1. The number of nitrogens with one attached hydrogen (secondary N) is 1. The van der Waals surface area contributed by atoms with E-state index in [0.29, 0.717) is 11.3 Å². The monoisotopic (exact) mass is 365 g/mol. The van der Waals surface area contributed by atoms with Gasteiger partial charge in [0.15, 0.2) is 11.5 Å². The van der Waals surface area contributed by atoms with Crippen molar-refractivity contribution in [2.24, 2.45) is 5.92 Å². The lowest BCUT2D eigenvalue weighted by Crippen LogP contribution is -2.31. The molecule has 27 heavy (non-hydrogen) atoms. The van der Waals surface area contributed by atoms with Crippen molar-refractivity contribution in [3.8, 4) is 11.5 Å². The zero-order valence-electron chi connectivity index (χ0n) is 15.7. The van der Waals surface area contributed by atoms with Crippen LogP contribution in [0.1, 0.15) is 45.4 Å². The summed E-state index contributed by atoms with van der Waals surface area (Å²) in [6.07, 6.45) is 5.19. The Labute approximate surface area is 158 Å². The van der Waals surface area contributed by atoms with Crippen LogP contribution in [0, 0.1) is 12.8 Å². The number of methoxy groups -OCH3 is 2. The second-order valence-corrected chi connectivity index (χ2v) is 7.08. The van der Waals surface area contributed by atoms with Crippen LogP contribution in [0.5, 0.6) is 11.5 Å². The van der Waals surface area contributed by atoms with E-state index in [1.54, 1.807) is 20.3 Å². The number of rotatable bonds is 4. The van der Waals surface area contributed by atoms with Crippen LogP contribution in [0.15, 0.2) is 42.5 Å². The molecule has 0 saturated carbocycles. The number of anilines is 1. The van der Waals surface area contributed by atoms with E-state index in [4.69, 9.17) is 9.47 Å². The van der Waals surface area contributed by atoms with Crippen molar-refractivity contribution < 1.29 is 19.4 Å². The van der Waals surface area contributed by atoms with Gasteiger partial charge in [-0.25, -0.2) is 4.79 Å². The smallest absolute Gasteiger partial charge is 0.336 e. The third-order valence-electron chi connectivity index (χ3n) is 5.73. The molecular formula is C22H23NO4. The Balaban J connectivity index is 1.89. The first-order valence-electron chi connectivity index (χ1n) is 9.07. The van der Waals surface area contributed by atoms with Gasteiger partial charge >= 0.3 is 5.97 Å². The predicted octanol–water partition coefficient (Wildman–Crippen LogP) is 4.54. The van der Waals surface area contributed by atoms with Crippen LogP contribution in [0.3, 0.4) is 0 Å². The highest BCUT2D eigenvalue weighted by molar-refractivity contribution is 5.93. The van der Waals surface area contributed by atoms with Gasteiger partial charge in [0.1, 0.15) is 0 Å². The number of fused-ring (bicyclic) bond motifs is 3. The molecule has 0 aromatic heterocycles. The molecule has 2 aromatic rings. The van der Waals surface area contributed by atoms with E-state index in [2.05, 4.69) is 23.5 Å². The lowest BCUT2D eigenvalue weighted by atomic mass is 9.74. The first-order chi connectivity index (χ1) is 13.1. The number of para-hydroxylation sites is 1. The fourth-order valence-electron chi connectivity index (χ4n) is 4.51. The van der Waals surface area contributed by atoms with Crippen LogP contribution < -0.4 is 14.8 Å². The summed E-state index contributed by atoms with van der Waals surface area (Å²) in [5.74, 6) is 0.816. The number of hydrogen-bond acceptors (Lipinski definition) is 4. The molecule has 5 heteroatoms. The van der Waals surface area contributed by atoms with E-state index in [1.165, 1.54) is 0 Å². The van der Waals surface area contributed by atoms with Crippen molar-refractivity contribution in [3.05, 3.63) is 64.7 Å². The summed E-state index contributed by atoms with van der Waals surface area (Å²) in [5.41, 5.74) is 4.25. The minimum absolute atomic E-state index is 0.00490. The summed E-state index contributed by atoms with van der Waals surface area (Å²) in [4.78, 5) is 11.8. The molecule has 0 saturated heterocycles. The lowest BCUT2D eigenvalue weighted by molar-refractivity contribution is 0.0695. The third kappa shape index (κ3) is 2.65. The SMILES string of the molecule is COc1cccc([C@@H]2Nc3c(C)ccc(C(=O)O)c3[C@H]3C=CC[C@@H]32)c1OC. The van der Waals surface area contributed by atoms with Gasteiger partial charge < -0.3 is 19.9 Å². The largest absolute Gasteiger partial charge is 0.493 e. The molecule has 3 atom stereocenters.